The molecule has 0 radical (unpaired) electrons. The first kappa shape index (κ1) is 16.6. The van der Waals surface area contributed by atoms with Gasteiger partial charge < -0.3 is 10.6 Å². The number of hydrogen-bond acceptors (Lipinski definition) is 3. The summed E-state index contributed by atoms with van der Waals surface area (Å²) in [7, 11) is 1.98. The highest BCUT2D eigenvalue weighted by molar-refractivity contribution is 6.35. The minimum Gasteiger partial charge on any atom is -0.324 e. The van der Waals surface area contributed by atoms with Gasteiger partial charge in [-0.15, -0.1) is 0 Å². The van der Waals surface area contributed by atoms with Gasteiger partial charge in [-0.25, -0.2) is 0 Å². The van der Waals surface area contributed by atoms with Crippen LogP contribution in [0.3, 0.4) is 0 Å². The monoisotopic (exact) mass is 329 g/mol. The second-order valence-electron chi connectivity index (χ2n) is 5.45. The van der Waals surface area contributed by atoms with E-state index in [-0.39, 0.29) is 5.91 Å². The molecular formula is C15H21Cl2N3O. The van der Waals surface area contributed by atoms with Gasteiger partial charge in [0.15, 0.2) is 0 Å². The lowest BCUT2D eigenvalue weighted by atomic mass is 9.97. The normalized spacial score (nSPS) is 16.9. The van der Waals surface area contributed by atoms with Gasteiger partial charge >= 0.3 is 0 Å². The number of halogens is 2. The Labute approximate surface area is 135 Å². The van der Waals surface area contributed by atoms with Crippen molar-refractivity contribution >= 4 is 34.8 Å². The Hall–Kier alpha value is -0.810. The van der Waals surface area contributed by atoms with Gasteiger partial charge in [0, 0.05) is 5.02 Å². The highest BCUT2D eigenvalue weighted by atomic mass is 35.5. The molecule has 21 heavy (non-hydrogen) atoms. The molecule has 0 spiro atoms. The number of hydrogen-bond donors (Lipinski definition) is 2. The van der Waals surface area contributed by atoms with E-state index in [1.165, 1.54) is 0 Å². The molecule has 0 aromatic heterocycles. The number of nitrogens with zero attached hydrogens (tertiary/aromatic N) is 1. The van der Waals surface area contributed by atoms with Crippen LogP contribution in [0, 0.1) is 5.92 Å². The van der Waals surface area contributed by atoms with Gasteiger partial charge in [-0.1, -0.05) is 23.2 Å². The Kier molecular flexibility index (Phi) is 6.30. The molecule has 1 fully saturated rings. The quantitative estimate of drug-likeness (QED) is 0.873. The minimum absolute atomic E-state index is 0.0498. The fourth-order valence-electron chi connectivity index (χ4n) is 2.62. The van der Waals surface area contributed by atoms with Crippen LogP contribution in [0.25, 0.3) is 0 Å². The van der Waals surface area contributed by atoms with Crippen LogP contribution in [0.2, 0.25) is 10.0 Å². The molecule has 0 atom stereocenters. The summed E-state index contributed by atoms with van der Waals surface area (Å²) in [6.45, 7) is 3.37. The van der Waals surface area contributed by atoms with Crippen molar-refractivity contribution in [2.75, 3.05) is 38.5 Å². The third-order valence-electron chi connectivity index (χ3n) is 3.77. The first-order chi connectivity index (χ1) is 10.1. The Morgan fingerprint density at radius 1 is 1.33 bits per heavy atom. The molecular weight excluding hydrogens is 309 g/mol. The fourth-order valence-corrected chi connectivity index (χ4v) is 2.96. The van der Waals surface area contributed by atoms with Crippen molar-refractivity contribution in [2.24, 2.45) is 5.92 Å². The maximum Gasteiger partial charge on any atom is 0.238 e. The van der Waals surface area contributed by atoms with Crippen LogP contribution in [0.15, 0.2) is 18.2 Å². The summed E-state index contributed by atoms with van der Waals surface area (Å²) in [6, 6.07) is 5.05. The molecule has 1 aromatic rings. The third kappa shape index (κ3) is 5.15. The maximum atomic E-state index is 12.1. The molecule has 0 unspecified atom stereocenters. The molecule has 0 saturated carbocycles. The molecule has 116 valence electrons. The van der Waals surface area contributed by atoms with Crippen molar-refractivity contribution in [1.82, 2.24) is 10.2 Å². The molecule has 6 heteroatoms. The van der Waals surface area contributed by atoms with Crippen LogP contribution in [0.4, 0.5) is 5.69 Å². The molecule has 1 heterocycles. The van der Waals surface area contributed by atoms with Gasteiger partial charge in [0.1, 0.15) is 0 Å². The fraction of sp³-hybridized carbons (Fsp3) is 0.533. The Morgan fingerprint density at radius 2 is 2.05 bits per heavy atom. The van der Waals surface area contributed by atoms with Crippen LogP contribution in [-0.4, -0.2) is 44.0 Å². The maximum absolute atomic E-state index is 12.1. The van der Waals surface area contributed by atoms with Crippen molar-refractivity contribution in [3.05, 3.63) is 28.2 Å². The van der Waals surface area contributed by atoms with Crippen molar-refractivity contribution in [3.63, 3.8) is 0 Å². The van der Waals surface area contributed by atoms with Gasteiger partial charge in [0.25, 0.3) is 0 Å². The lowest BCUT2D eigenvalue weighted by Crippen LogP contribution is -2.40. The average Bonchev–Trinajstić information content (AvgIpc) is 2.45. The number of carbonyl (C=O) groups excluding carboxylic acids is 1. The van der Waals surface area contributed by atoms with Gasteiger partial charge in [0.2, 0.25) is 5.91 Å². The molecule has 0 bridgehead atoms. The van der Waals surface area contributed by atoms with Gasteiger partial charge in [-0.2, -0.15) is 0 Å². The summed E-state index contributed by atoms with van der Waals surface area (Å²) in [5, 5.41) is 7.10. The van der Waals surface area contributed by atoms with E-state index in [0.29, 0.717) is 22.3 Å². The SMILES string of the molecule is CNCC1CCN(CC(=O)Nc2cc(Cl)ccc2Cl)CC1. The largest absolute Gasteiger partial charge is 0.324 e. The minimum atomic E-state index is -0.0498. The standard InChI is InChI=1S/C15H21Cl2N3O/c1-18-9-11-4-6-20(7-5-11)10-15(21)19-14-8-12(16)2-3-13(14)17/h2-3,8,11,18H,4-7,9-10H2,1H3,(H,19,21). The number of rotatable bonds is 5. The zero-order valence-electron chi connectivity index (χ0n) is 12.2. The van der Waals surface area contributed by atoms with Crippen molar-refractivity contribution in [3.8, 4) is 0 Å². The van der Waals surface area contributed by atoms with E-state index in [4.69, 9.17) is 23.2 Å². The Bertz CT molecular complexity index is 488. The summed E-state index contributed by atoms with van der Waals surface area (Å²) in [5.74, 6) is 0.669. The number of anilines is 1. The third-order valence-corrected chi connectivity index (χ3v) is 4.33. The molecule has 1 amide bonds. The lowest BCUT2D eigenvalue weighted by Gasteiger charge is -2.31. The van der Waals surface area contributed by atoms with Crippen molar-refractivity contribution in [2.45, 2.75) is 12.8 Å². The Balaban J connectivity index is 1.81. The summed E-state index contributed by atoms with van der Waals surface area (Å²) in [6.07, 6.45) is 2.26. The molecule has 1 aromatic carbocycles. The summed E-state index contributed by atoms with van der Waals surface area (Å²) < 4.78 is 0. The van der Waals surface area contributed by atoms with Crippen molar-refractivity contribution in [1.29, 1.82) is 0 Å². The number of nitrogens with one attached hydrogen (secondary N) is 2. The van der Waals surface area contributed by atoms with E-state index in [9.17, 15) is 4.79 Å². The van der Waals surface area contributed by atoms with Crippen LogP contribution in [-0.2, 0) is 4.79 Å². The number of benzene rings is 1. The van der Waals surface area contributed by atoms with Crippen LogP contribution >= 0.6 is 23.2 Å². The Morgan fingerprint density at radius 3 is 2.71 bits per heavy atom. The van der Waals surface area contributed by atoms with Gasteiger partial charge in [0.05, 0.1) is 17.3 Å². The highest BCUT2D eigenvalue weighted by Crippen LogP contribution is 2.25. The number of amides is 1. The van der Waals surface area contributed by atoms with E-state index in [0.717, 1.165) is 38.4 Å². The smallest absolute Gasteiger partial charge is 0.238 e. The first-order valence-corrected chi connectivity index (χ1v) is 7.96. The molecule has 0 aliphatic carbocycles. The molecule has 2 N–H and O–H groups in total. The van der Waals surface area contributed by atoms with E-state index >= 15 is 0 Å². The lowest BCUT2D eigenvalue weighted by molar-refractivity contribution is -0.117. The molecule has 1 aliphatic rings. The zero-order valence-corrected chi connectivity index (χ0v) is 13.7. The first-order valence-electron chi connectivity index (χ1n) is 7.20. The van der Waals surface area contributed by atoms with Crippen molar-refractivity contribution < 1.29 is 4.79 Å². The van der Waals surface area contributed by atoms with Gasteiger partial charge in [-0.3, -0.25) is 9.69 Å². The number of carbonyl (C=O) groups is 1. The summed E-state index contributed by atoms with van der Waals surface area (Å²) >= 11 is 12.0. The molecule has 1 aliphatic heterocycles. The van der Waals surface area contributed by atoms with E-state index in [1.54, 1.807) is 18.2 Å². The second kappa shape index (κ2) is 7.99. The predicted molar refractivity (Wildman–Crippen MR) is 88.2 cm³/mol. The summed E-state index contributed by atoms with van der Waals surface area (Å²) in [5.41, 5.74) is 0.569. The zero-order chi connectivity index (χ0) is 15.2. The van der Waals surface area contributed by atoms with E-state index < -0.39 is 0 Å². The van der Waals surface area contributed by atoms with Crippen LogP contribution < -0.4 is 10.6 Å². The topological polar surface area (TPSA) is 44.4 Å². The molecule has 2 rings (SSSR count). The van der Waals surface area contributed by atoms with E-state index in [1.807, 2.05) is 7.05 Å². The average molecular weight is 330 g/mol. The van der Waals surface area contributed by atoms with Crippen LogP contribution in [0.1, 0.15) is 12.8 Å². The number of piperidine rings is 1. The predicted octanol–water partition coefficient (Wildman–Crippen LogP) is 2.86. The van der Waals surface area contributed by atoms with Crippen LogP contribution in [0.5, 0.6) is 0 Å². The van der Waals surface area contributed by atoms with Gasteiger partial charge in [-0.05, 0) is 63.6 Å². The molecule has 1 saturated heterocycles. The number of likely N-dealkylation sites (tertiary alicyclic amines) is 1. The molecule has 4 nitrogen and oxygen atoms in total. The second-order valence-corrected chi connectivity index (χ2v) is 6.29. The van der Waals surface area contributed by atoms with E-state index in [2.05, 4.69) is 15.5 Å². The summed E-state index contributed by atoms with van der Waals surface area (Å²) in [4.78, 5) is 14.3. The highest BCUT2D eigenvalue weighted by Gasteiger charge is 2.20.